The van der Waals surface area contributed by atoms with Crippen LogP contribution in [0.1, 0.15) is 46.6 Å². The van der Waals surface area contributed by atoms with Crippen molar-refractivity contribution >= 4 is 5.71 Å². The molecule has 1 aromatic rings. The van der Waals surface area contributed by atoms with Gasteiger partial charge in [-0.3, -0.25) is 0 Å². The highest BCUT2D eigenvalue weighted by Crippen LogP contribution is 2.00. The van der Waals surface area contributed by atoms with Crippen LogP contribution in [-0.4, -0.2) is 5.71 Å². The lowest BCUT2D eigenvalue weighted by Crippen LogP contribution is -1.78. The third-order valence-corrected chi connectivity index (χ3v) is 1.38. The first-order valence-corrected chi connectivity index (χ1v) is 5.72. The van der Waals surface area contributed by atoms with E-state index in [0.717, 1.165) is 0 Å². The quantitative estimate of drug-likeness (QED) is 0.679. The van der Waals surface area contributed by atoms with Gasteiger partial charge in [0.1, 0.15) is 0 Å². The molecule has 1 nitrogen and oxygen atoms in total. The van der Waals surface area contributed by atoms with Gasteiger partial charge in [-0.05, 0) is 25.8 Å². The molecular weight excluding hydrogens is 182 g/mol. The Hall–Kier alpha value is -1.11. The molecule has 0 aliphatic rings. The lowest BCUT2D eigenvalue weighted by molar-refractivity contribution is 0.922. The number of benzene rings is 1. The van der Waals surface area contributed by atoms with Gasteiger partial charge >= 0.3 is 0 Å². The molecule has 0 bridgehead atoms. The highest BCUT2D eigenvalue weighted by molar-refractivity contribution is 5.75. The van der Waals surface area contributed by atoms with Gasteiger partial charge in [0.15, 0.2) is 0 Å². The molecular formula is C14H25N. The number of nitrogens with one attached hydrogen (secondary N) is 1. The van der Waals surface area contributed by atoms with Crippen molar-refractivity contribution in [2.45, 2.75) is 47.5 Å². The SMILES string of the molecule is CC.CC(C)=N.CCCc1ccccc1. The maximum atomic E-state index is 6.50. The smallest absolute Gasteiger partial charge is 0.00272 e. The van der Waals surface area contributed by atoms with Gasteiger partial charge in [-0.25, -0.2) is 0 Å². The summed E-state index contributed by atoms with van der Waals surface area (Å²) in [5.74, 6) is 0. The lowest BCUT2D eigenvalue weighted by Gasteiger charge is -1.93. The molecule has 0 aliphatic heterocycles. The lowest BCUT2D eigenvalue weighted by atomic mass is 10.1. The molecule has 15 heavy (non-hydrogen) atoms. The summed E-state index contributed by atoms with van der Waals surface area (Å²) in [6.07, 6.45) is 2.45. The van der Waals surface area contributed by atoms with Crippen LogP contribution in [0.4, 0.5) is 0 Å². The predicted molar refractivity (Wildman–Crippen MR) is 70.9 cm³/mol. The van der Waals surface area contributed by atoms with Gasteiger partial charge < -0.3 is 5.41 Å². The van der Waals surface area contributed by atoms with Crippen molar-refractivity contribution in [3.05, 3.63) is 35.9 Å². The summed E-state index contributed by atoms with van der Waals surface area (Å²) in [7, 11) is 0. The average molecular weight is 207 g/mol. The Kier molecular flexibility index (Phi) is 14.0. The first-order valence-electron chi connectivity index (χ1n) is 5.72. The van der Waals surface area contributed by atoms with E-state index in [0.29, 0.717) is 5.71 Å². The Morgan fingerprint density at radius 2 is 1.47 bits per heavy atom. The average Bonchev–Trinajstić information content (AvgIpc) is 2.22. The number of hydrogen-bond donors (Lipinski definition) is 1. The Balaban J connectivity index is 0. The molecule has 0 radical (unpaired) electrons. The number of hydrogen-bond acceptors (Lipinski definition) is 1. The molecule has 0 saturated heterocycles. The summed E-state index contributed by atoms with van der Waals surface area (Å²) < 4.78 is 0. The Morgan fingerprint density at radius 1 is 1.07 bits per heavy atom. The Bertz CT molecular complexity index is 222. The largest absolute Gasteiger partial charge is 0.310 e. The van der Waals surface area contributed by atoms with Crippen molar-refractivity contribution in [2.24, 2.45) is 0 Å². The predicted octanol–water partition coefficient (Wildman–Crippen LogP) is 4.71. The minimum absolute atomic E-state index is 0.667. The summed E-state index contributed by atoms with van der Waals surface area (Å²) in [4.78, 5) is 0. The molecule has 1 heteroatoms. The van der Waals surface area contributed by atoms with E-state index in [1.165, 1.54) is 18.4 Å². The van der Waals surface area contributed by atoms with Gasteiger partial charge in [-0.1, -0.05) is 57.5 Å². The molecule has 0 saturated carbocycles. The van der Waals surface area contributed by atoms with E-state index in [-0.39, 0.29) is 0 Å². The van der Waals surface area contributed by atoms with Gasteiger partial charge in [0.05, 0.1) is 0 Å². The van der Waals surface area contributed by atoms with Crippen LogP contribution in [0.15, 0.2) is 30.3 Å². The van der Waals surface area contributed by atoms with Crippen LogP contribution in [0.25, 0.3) is 0 Å². The van der Waals surface area contributed by atoms with Crippen molar-refractivity contribution in [1.82, 2.24) is 0 Å². The molecule has 0 fully saturated rings. The summed E-state index contributed by atoms with van der Waals surface area (Å²) >= 11 is 0. The van der Waals surface area contributed by atoms with Crippen LogP contribution in [0.5, 0.6) is 0 Å². The molecule has 0 amide bonds. The van der Waals surface area contributed by atoms with E-state index in [9.17, 15) is 0 Å². The minimum Gasteiger partial charge on any atom is -0.310 e. The van der Waals surface area contributed by atoms with Crippen LogP contribution >= 0.6 is 0 Å². The highest BCUT2D eigenvalue weighted by atomic mass is 14.3. The van der Waals surface area contributed by atoms with E-state index in [1.807, 2.05) is 13.8 Å². The van der Waals surface area contributed by atoms with Crippen molar-refractivity contribution in [3.63, 3.8) is 0 Å². The van der Waals surface area contributed by atoms with Crippen molar-refractivity contribution < 1.29 is 0 Å². The fraction of sp³-hybridized carbons (Fsp3) is 0.500. The van der Waals surface area contributed by atoms with Gasteiger partial charge in [0.2, 0.25) is 0 Å². The maximum absolute atomic E-state index is 6.50. The summed E-state index contributed by atoms with van der Waals surface area (Å²) in [6.45, 7) is 9.70. The summed E-state index contributed by atoms with van der Waals surface area (Å²) in [6, 6.07) is 10.6. The molecule has 1 aromatic carbocycles. The second-order valence-electron chi connectivity index (χ2n) is 3.24. The number of rotatable bonds is 2. The van der Waals surface area contributed by atoms with Crippen LogP contribution in [0.2, 0.25) is 0 Å². The van der Waals surface area contributed by atoms with E-state index >= 15 is 0 Å². The van der Waals surface area contributed by atoms with Crippen molar-refractivity contribution in [1.29, 1.82) is 5.41 Å². The van der Waals surface area contributed by atoms with E-state index in [1.54, 1.807) is 13.8 Å². The molecule has 0 atom stereocenters. The summed E-state index contributed by atoms with van der Waals surface area (Å²) in [5.41, 5.74) is 2.11. The first-order chi connectivity index (χ1) is 7.16. The van der Waals surface area contributed by atoms with Gasteiger partial charge in [-0.15, -0.1) is 0 Å². The molecule has 0 unspecified atom stereocenters. The van der Waals surface area contributed by atoms with Crippen LogP contribution < -0.4 is 0 Å². The monoisotopic (exact) mass is 207 g/mol. The Morgan fingerprint density at radius 3 is 1.80 bits per heavy atom. The molecule has 0 heterocycles. The molecule has 0 aliphatic carbocycles. The van der Waals surface area contributed by atoms with E-state index in [2.05, 4.69) is 37.3 Å². The van der Waals surface area contributed by atoms with Crippen LogP contribution in [0.3, 0.4) is 0 Å². The fourth-order valence-corrected chi connectivity index (χ4v) is 0.933. The third-order valence-electron chi connectivity index (χ3n) is 1.38. The second kappa shape index (κ2) is 12.9. The normalized spacial score (nSPS) is 7.80. The molecule has 1 rings (SSSR count). The van der Waals surface area contributed by atoms with Crippen molar-refractivity contribution in [3.8, 4) is 0 Å². The maximum Gasteiger partial charge on any atom is 0.00272 e. The topological polar surface area (TPSA) is 23.9 Å². The zero-order chi connectivity index (χ0) is 12.1. The molecule has 0 aromatic heterocycles. The van der Waals surface area contributed by atoms with Crippen molar-refractivity contribution in [2.75, 3.05) is 0 Å². The second-order valence-corrected chi connectivity index (χ2v) is 3.24. The summed E-state index contributed by atoms with van der Waals surface area (Å²) in [5, 5.41) is 6.50. The van der Waals surface area contributed by atoms with Gasteiger partial charge in [-0.2, -0.15) is 0 Å². The minimum atomic E-state index is 0.667. The van der Waals surface area contributed by atoms with E-state index in [4.69, 9.17) is 5.41 Å². The first kappa shape index (κ1) is 16.3. The molecule has 1 N–H and O–H groups in total. The van der Waals surface area contributed by atoms with Gasteiger partial charge in [0, 0.05) is 5.71 Å². The van der Waals surface area contributed by atoms with Crippen LogP contribution in [-0.2, 0) is 6.42 Å². The standard InChI is InChI=1S/C9H12.C3H7N.C2H6/c1-2-6-9-7-4-3-5-8-9;1-3(2)4;1-2/h3-5,7-8H,2,6H2,1H3;4H,1-2H3;1-2H3. The van der Waals surface area contributed by atoms with Gasteiger partial charge in [0.25, 0.3) is 0 Å². The zero-order valence-electron chi connectivity index (χ0n) is 10.8. The molecule has 86 valence electrons. The molecule has 0 spiro atoms. The zero-order valence-corrected chi connectivity index (χ0v) is 10.8. The Labute approximate surface area is 95.0 Å². The van der Waals surface area contributed by atoms with Crippen LogP contribution in [0, 0.1) is 5.41 Å². The van der Waals surface area contributed by atoms with E-state index < -0.39 is 0 Å². The fourth-order valence-electron chi connectivity index (χ4n) is 0.933. The number of aryl methyl sites for hydroxylation is 1. The third kappa shape index (κ3) is 15.6. The highest BCUT2D eigenvalue weighted by Gasteiger charge is 1.84.